The van der Waals surface area contributed by atoms with Gasteiger partial charge in [0.25, 0.3) is 0 Å². The monoisotopic (exact) mass is 310 g/mol. The average Bonchev–Trinajstić information content (AvgIpc) is 2.46. The van der Waals surface area contributed by atoms with Crippen LogP contribution in [0.15, 0.2) is 0 Å². The van der Waals surface area contributed by atoms with Gasteiger partial charge in [0.05, 0.1) is 19.1 Å². The van der Waals surface area contributed by atoms with E-state index in [-0.39, 0.29) is 17.8 Å². The molecule has 0 spiro atoms. The fourth-order valence-corrected chi connectivity index (χ4v) is 3.84. The summed E-state index contributed by atoms with van der Waals surface area (Å²) in [6.07, 6.45) is 2.73. The van der Waals surface area contributed by atoms with Crippen LogP contribution < -0.4 is 0 Å². The number of likely N-dealkylation sites (tertiary alicyclic amines) is 2. The van der Waals surface area contributed by atoms with Crippen molar-refractivity contribution < 1.29 is 14.3 Å². The Labute approximate surface area is 134 Å². The average molecular weight is 310 g/mol. The lowest BCUT2D eigenvalue weighted by Crippen LogP contribution is -2.48. The van der Waals surface area contributed by atoms with Crippen LogP contribution in [0.2, 0.25) is 0 Å². The van der Waals surface area contributed by atoms with E-state index in [4.69, 9.17) is 4.74 Å². The second-order valence-corrected chi connectivity index (χ2v) is 7.05. The molecule has 0 aromatic heterocycles. The van der Waals surface area contributed by atoms with Crippen molar-refractivity contribution in [2.45, 2.75) is 40.0 Å². The zero-order chi connectivity index (χ0) is 16.1. The van der Waals surface area contributed by atoms with Crippen molar-refractivity contribution >= 4 is 11.9 Å². The topological polar surface area (TPSA) is 49.9 Å². The number of hydrogen-bond acceptors (Lipinski definition) is 4. The molecule has 1 amide bonds. The van der Waals surface area contributed by atoms with Crippen LogP contribution in [0, 0.1) is 17.8 Å². The van der Waals surface area contributed by atoms with Crippen molar-refractivity contribution in [3.63, 3.8) is 0 Å². The fraction of sp³-hybridized carbons (Fsp3) is 0.882. The standard InChI is InChI=1S/C17H30N2O3/c1-4-22-17(21)15-5-7-19(8-6-15)16(20)12-18-10-13(2)9-14(3)11-18/h13-15H,4-12H2,1-3H3. The number of piperidine rings is 2. The van der Waals surface area contributed by atoms with Crippen LogP contribution in [0.4, 0.5) is 0 Å². The molecule has 2 atom stereocenters. The lowest BCUT2D eigenvalue weighted by molar-refractivity contribution is -0.151. The van der Waals surface area contributed by atoms with Gasteiger partial charge in [0.2, 0.25) is 5.91 Å². The molecular weight excluding hydrogens is 280 g/mol. The van der Waals surface area contributed by atoms with Crippen LogP contribution in [-0.4, -0.2) is 61.0 Å². The summed E-state index contributed by atoms with van der Waals surface area (Å²) < 4.78 is 5.07. The van der Waals surface area contributed by atoms with Crippen molar-refractivity contribution in [2.75, 3.05) is 39.3 Å². The number of rotatable bonds is 4. The van der Waals surface area contributed by atoms with Crippen molar-refractivity contribution in [2.24, 2.45) is 17.8 Å². The highest BCUT2D eigenvalue weighted by Gasteiger charge is 2.30. The zero-order valence-corrected chi connectivity index (χ0v) is 14.2. The van der Waals surface area contributed by atoms with Gasteiger partial charge in [-0.25, -0.2) is 0 Å². The lowest BCUT2D eigenvalue weighted by atomic mass is 9.92. The molecule has 5 nitrogen and oxygen atoms in total. The predicted molar refractivity (Wildman–Crippen MR) is 85.3 cm³/mol. The molecule has 5 heteroatoms. The van der Waals surface area contributed by atoms with Gasteiger partial charge in [-0.1, -0.05) is 13.8 Å². The Hall–Kier alpha value is -1.10. The van der Waals surface area contributed by atoms with Gasteiger partial charge in [-0.15, -0.1) is 0 Å². The predicted octanol–water partition coefficient (Wildman–Crippen LogP) is 1.77. The van der Waals surface area contributed by atoms with Crippen LogP contribution in [0.1, 0.15) is 40.0 Å². The molecule has 2 aliphatic heterocycles. The van der Waals surface area contributed by atoms with Crippen molar-refractivity contribution in [3.05, 3.63) is 0 Å². The highest BCUT2D eigenvalue weighted by Crippen LogP contribution is 2.22. The summed E-state index contributed by atoms with van der Waals surface area (Å²) in [7, 11) is 0. The fourth-order valence-electron chi connectivity index (χ4n) is 3.84. The summed E-state index contributed by atoms with van der Waals surface area (Å²) in [6.45, 7) is 10.7. The van der Waals surface area contributed by atoms with Gasteiger partial charge >= 0.3 is 5.97 Å². The van der Waals surface area contributed by atoms with Crippen LogP contribution in [0.25, 0.3) is 0 Å². The van der Waals surface area contributed by atoms with E-state index in [0.717, 1.165) is 25.9 Å². The number of ether oxygens (including phenoxy) is 1. The Morgan fingerprint density at radius 2 is 1.68 bits per heavy atom. The summed E-state index contributed by atoms with van der Waals surface area (Å²) in [4.78, 5) is 28.4. The molecule has 2 aliphatic rings. The number of amides is 1. The third-order valence-electron chi connectivity index (χ3n) is 4.77. The first-order chi connectivity index (χ1) is 10.5. The van der Waals surface area contributed by atoms with E-state index in [9.17, 15) is 9.59 Å². The highest BCUT2D eigenvalue weighted by atomic mass is 16.5. The number of nitrogens with zero attached hydrogens (tertiary/aromatic N) is 2. The lowest BCUT2D eigenvalue weighted by Gasteiger charge is -2.37. The van der Waals surface area contributed by atoms with E-state index in [1.54, 1.807) is 0 Å². The van der Waals surface area contributed by atoms with Crippen molar-refractivity contribution in [1.82, 2.24) is 9.80 Å². The first-order valence-electron chi connectivity index (χ1n) is 8.66. The minimum Gasteiger partial charge on any atom is -0.466 e. The Morgan fingerprint density at radius 3 is 2.23 bits per heavy atom. The third kappa shape index (κ3) is 4.70. The SMILES string of the molecule is CCOC(=O)C1CCN(C(=O)CN2CC(C)CC(C)C2)CC1. The smallest absolute Gasteiger partial charge is 0.309 e. The first-order valence-corrected chi connectivity index (χ1v) is 8.66. The molecule has 126 valence electrons. The molecule has 0 bridgehead atoms. The maximum atomic E-state index is 12.4. The van der Waals surface area contributed by atoms with E-state index in [2.05, 4.69) is 18.7 Å². The summed E-state index contributed by atoms with van der Waals surface area (Å²) in [5.74, 6) is 1.42. The molecule has 0 aromatic rings. The van der Waals surface area contributed by atoms with Gasteiger partial charge in [-0.3, -0.25) is 14.5 Å². The Balaban J connectivity index is 1.76. The minimum absolute atomic E-state index is 0.0287. The molecule has 2 rings (SSSR count). The summed E-state index contributed by atoms with van der Waals surface area (Å²) in [5.41, 5.74) is 0. The molecule has 0 radical (unpaired) electrons. The van der Waals surface area contributed by atoms with E-state index < -0.39 is 0 Å². The summed E-state index contributed by atoms with van der Waals surface area (Å²) >= 11 is 0. The van der Waals surface area contributed by atoms with Crippen LogP contribution in [0.5, 0.6) is 0 Å². The van der Waals surface area contributed by atoms with Gasteiger partial charge in [0.15, 0.2) is 0 Å². The van der Waals surface area contributed by atoms with Gasteiger partial charge in [-0.05, 0) is 38.0 Å². The normalized spacial score (nSPS) is 27.7. The Morgan fingerprint density at radius 1 is 1.09 bits per heavy atom. The number of carbonyl (C=O) groups is 2. The van der Waals surface area contributed by atoms with Gasteiger partial charge in [0, 0.05) is 26.2 Å². The Kier molecular flexibility index (Phi) is 6.24. The molecule has 2 fully saturated rings. The maximum absolute atomic E-state index is 12.4. The van der Waals surface area contributed by atoms with Crippen molar-refractivity contribution in [1.29, 1.82) is 0 Å². The summed E-state index contributed by atoms with van der Waals surface area (Å²) in [6, 6.07) is 0. The number of hydrogen-bond donors (Lipinski definition) is 0. The first kappa shape index (κ1) is 17.3. The highest BCUT2D eigenvalue weighted by molar-refractivity contribution is 5.79. The minimum atomic E-state index is -0.103. The number of carbonyl (C=O) groups excluding carboxylic acids is 2. The molecule has 0 saturated carbocycles. The molecule has 22 heavy (non-hydrogen) atoms. The molecule has 0 N–H and O–H groups in total. The second kappa shape index (κ2) is 7.95. The summed E-state index contributed by atoms with van der Waals surface area (Å²) in [5, 5.41) is 0. The molecule has 2 saturated heterocycles. The Bertz CT molecular complexity index is 381. The largest absolute Gasteiger partial charge is 0.466 e. The van der Waals surface area contributed by atoms with Crippen LogP contribution >= 0.6 is 0 Å². The quantitative estimate of drug-likeness (QED) is 0.743. The van der Waals surface area contributed by atoms with E-state index in [0.29, 0.717) is 38.1 Å². The van der Waals surface area contributed by atoms with Gasteiger partial charge in [-0.2, -0.15) is 0 Å². The van der Waals surface area contributed by atoms with Crippen LogP contribution in [0.3, 0.4) is 0 Å². The maximum Gasteiger partial charge on any atom is 0.309 e. The second-order valence-electron chi connectivity index (χ2n) is 7.05. The van der Waals surface area contributed by atoms with Gasteiger partial charge in [0.1, 0.15) is 0 Å². The number of esters is 1. The molecular formula is C17H30N2O3. The van der Waals surface area contributed by atoms with Crippen molar-refractivity contribution in [3.8, 4) is 0 Å². The molecule has 0 aromatic carbocycles. The zero-order valence-electron chi connectivity index (χ0n) is 14.2. The van der Waals surface area contributed by atoms with E-state index in [1.807, 2.05) is 11.8 Å². The van der Waals surface area contributed by atoms with Crippen LogP contribution in [-0.2, 0) is 14.3 Å². The molecule has 0 aliphatic carbocycles. The third-order valence-corrected chi connectivity index (χ3v) is 4.77. The van der Waals surface area contributed by atoms with E-state index >= 15 is 0 Å². The van der Waals surface area contributed by atoms with Gasteiger partial charge < -0.3 is 9.64 Å². The molecule has 2 heterocycles. The van der Waals surface area contributed by atoms with E-state index in [1.165, 1.54) is 6.42 Å². The molecule has 2 unspecified atom stereocenters.